The number of carbonyl (C=O) groups excluding carboxylic acids is 3. The molecule has 4 atom stereocenters. The van der Waals surface area contributed by atoms with Crippen molar-refractivity contribution < 1.29 is 39.9 Å². The fraction of sp³-hybridized carbons (Fsp3) is 0.432. The van der Waals surface area contributed by atoms with Crippen LogP contribution in [0.5, 0.6) is 0 Å². The molecule has 0 aliphatic heterocycles. The van der Waals surface area contributed by atoms with Crippen LogP contribution in [0.2, 0.25) is 0 Å². The Hall–Kier alpha value is -3.68. The lowest BCUT2D eigenvalue weighted by Crippen LogP contribution is -2.48. The lowest BCUT2D eigenvalue weighted by atomic mass is 10.0. The minimum absolute atomic E-state index is 0.00517. The van der Waals surface area contributed by atoms with Crippen molar-refractivity contribution in [2.24, 2.45) is 0 Å². The average Bonchev–Trinajstić information content (AvgIpc) is 3.14. The van der Waals surface area contributed by atoms with E-state index in [0.29, 0.717) is 42.0 Å². The topological polar surface area (TPSA) is 253 Å². The van der Waals surface area contributed by atoms with Crippen molar-refractivity contribution in [1.82, 2.24) is 0 Å². The molecule has 298 valence electrons. The number of rotatable bonds is 23. The first-order chi connectivity index (χ1) is 25.9. The third-order valence-corrected chi connectivity index (χ3v) is 10.7. The van der Waals surface area contributed by atoms with Crippen molar-refractivity contribution in [2.45, 2.75) is 62.9 Å². The fourth-order valence-electron chi connectivity index (χ4n) is 4.59. The Morgan fingerprint density at radius 3 is 1.46 bits per heavy atom. The second-order valence-electron chi connectivity index (χ2n) is 12.1. The van der Waals surface area contributed by atoms with Crippen LogP contribution in [0.3, 0.4) is 0 Å². The van der Waals surface area contributed by atoms with Crippen LogP contribution < -0.4 is 32.7 Å². The van der Waals surface area contributed by atoms with Gasteiger partial charge in [0.15, 0.2) is 0 Å². The molecule has 0 bridgehead atoms. The molecule has 3 aromatic carbocycles. The van der Waals surface area contributed by atoms with Crippen molar-refractivity contribution in [3.8, 4) is 0 Å². The van der Waals surface area contributed by atoms with Gasteiger partial charge in [0.1, 0.15) is 18.3 Å². The van der Waals surface area contributed by atoms with Crippen molar-refractivity contribution >= 4 is 85.2 Å². The summed E-state index contributed by atoms with van der Waals surface area (Å²) in [6, 6.07) is 21.2. The van der Waals surface area contributed by atoms with Crippen molar-refractivity contribution in [2.75, 3.05) is 69.4 Å². The lowest BCUT2D eigenvalue weighted by Gasteiger charge is -2.26. The molecule has 3 amide bonds. The monoisotopic (exact) mass is 806 g/mol. The zero-order chi connectivity index (χ0) is 39.7. The van der Waals surface area contributed by atoms with Crippen molar-refractivity contribution in [3.05, 3.63) is 72.8 Å². The molecular formula is C37H54N6O8S3. The normalized spacial score (nSPS) is 13.0. The Morgan fingerprint density at radius 2 is 1.02 bits per heavy atom. The van der Waals surface area contributed by atoms with Crippen LogP contribution in [-0.4, -0.2) is 104 Å². The van der Waals surface area contributed by atoms with E-state index < -0.39 is 31.0 Å². The second-order valence-corrected chi connectivity index (χ2v) is 15.8. The number of benzene rings is 3. The van der Waals surface area contributed by atoms with Crippen LogP contribution in [0.25, 0.3) is 0 Å². The molecule has 0 aliphatic carbocycles. The van der Waals surface area contributed by atoms with E-state index in [4.69, 9.17) is 16.6 Å². The van der Waals surface area contributed by atoms with Crippen LogP contribution in [-0.2, 0) is 14.4 Å². The number of nitrogen functional groups attached to an aromatic ring is 2. The van der Waals surface area contributed by atoms with Gasteiger partial charge in [0.05, 0.1) is 12.7 Å². The summed E-state index contributed by atoms with van der Waals surface area (Å²) in [5, 5.41) is 58.7. The number of aliphatic hydroxyl groups is 5. The fourth-order valence-corrected chi connectivity index (χ4v) is 7.20. The highest BCUT2D eigenvalue weighted by Crippen LogP contribution is 2.24. The number of amides is 3. The standard InChI is InChI=1S/C20H26N4O2S2.C17H28N2O6S/c21-15-5-1-7-17(13-15)23-19(25)9-3-11-27-28-12-4-10-20(26)24-18-8-2-6-16(22)14-18;1-26-7-3-6-15(23)19-12-5-2-4-11(8-12)18-9-13(21)16(24)17(25)14(22)10-20/h1-2,5-8,13-14H,3-4,9-12,21-22H2,(H,23,25)(H,24,26);2,4-5,8,13-14,16-18,20-22,24-25H,3,6-7,9-10H2,1H3,(H,19,23)/t;13?,14?,16-,17+/m.0/s1. The van der Waals surface area contributed by atoms with Gasteiger partial charge in [-0.3, -0.25) is 14.4 Å². The number of aliphatic hydroxyl groups excluding tert-OH is 5. The molecule has 3 aromatic rings. The summed E-state index contributed by atoms with van der Waals surface area (Å²) in [4.78, 5) is 35.6. The Morgan fingerprint density at radius 1 is 0.611 bits per heavy atom. The van der Waals surface area contributed by atoms with E-state index in [0.717, 1.165) is 47.9 Å². The van der Waals surface area contributed by atoms with E-state index in [1.807, 2.05) is 30.5 Å². The molecule has 0 spiro atoms. The Bertz CT molecular complexity index is 1490. The highest BCUT2D eigenvalue weighted by molar-refractivity contribution is 8.76. The highest BCUT2D eigenvalue weighted by atomic mass is 33.1. The average molecular weight is 807 g/mol. The molecule has 17 heteroatoms. The van der Waals surface area contributed by atoms with Crippen LogP contribution in [0.15, 0.2) is 72.8 Å². The Labute approximate surface area is 329 Å². The summed E-state index contributed by atoms with van der Waals surface area (Å²) in [5.74, 6) is 2.62. The number of hydrogen-bond donors (Lipinski definition) is 11. The first kappa shape index (κ1) is 46.5. The summed E-state index contributed by atoms with van der Waals surface area (Å²) >= 11 is 1.69. The summed E-state index contributed by atoms with van der Waals surface area (Å²) in [5.41, 5.74) is 15.3. The predicted octanol–water partition coefficient (Wildman–Crippen LogP) is 3.99. The van der Waals surface area contributed by atoms with E-state index in [-0.39, 0.29) is 24.3 Å². The number of thioether (sulfide) groups is 1. The molecule has 0 saturated heterocycles. The van der Waals surface area contributed by atoms with Gasteiger partial charge in [-0.1, -0.05) is 39.8 Å². The maximum Gasteiger partial charge on any atom is 0.224 e. The van der Waals surface area contributed by atoms with Gasteiger partial charge >= 0.3 is 0 Å². The van der Waals surface area contributed by atoms with Gasteiger partial charge in [-0.2, -0.15) is 11.8 Å². The smallest absolute Gasteiger partial charge is 0.224 e. The SMILES string of the molecule is CSCCCC(=O)Nc1cccc(NCC(O)[C@H](O)[C@H](O)C(O)CO)c1.Nc1cccc(NC(=O)CCCSSCCCC(=O)Nc2cccc(N)c2)c1. The maximum atomic E-state index is 11.9. The van der Waals surface area contributed by atoms with Crippen LogP contribution in [0.1, 0.15) is 38.5 Å². The van der Waals surface area contributed by atoms with Gasteiger partial charge in [0, 0.05) is 71.4 Å². The quantitative estimate of drug-likeness (QED) is 0.0369. The number of nitrogens with one attached hydrogen (secondary N) is 4. The maximum absolute atomic E-state index is 11.9. The van der Waals surface area contributed by atoms with Gasteiger partial charge in [-0.15, -0.1) is 0 Å². The Kier molecular flexibility index (Phi) is 23.2. The van der Waals surface area contributed by atoms with Crippen LogP contribution >= 0.6 is 33.3 Å². The van der Waals surface area contributed by atoms with Crippen LogP contribution in [0, 0.1) is 0 Å². The minimum atomic E-state index is -1.66. The molecular weight excluding hydrogens is 753 g/mol. The van der Waals surface area contributed by atoms with E-state index in [9.17, 15) is 34.8 Å². The van der Waals surface area contributed by atoms with Gasteiger partial charge < -0.3 is 58.3 Å². The molecule has 0 radical (unpaired) electrons. The number of hydrogen-bond acceptors (Lipinski definition) is 14. The summed E-state index contributed by atoms with van der Waals surface area (Å²) in [6.45, 7) is -0.821. The van der Waals surface area contributed by atoms with Crippen LogP contribution in [0.4, 0.5) is 34.1 Å². The van der Waals surface area contributed by atoms with Gasteiger partial charge in [0.25, 0.3) is 0 Å². The first-order valence-corrected chi connectivity index (χ1v) is 21.3. The summed E-state index contributed by atoms with van der Waals surface area (Å²) in [6.07, 6.45) is -0.389. The second kappa shape index (κ2) is 27.0. The molecule has 0 saturated carbocycles. The molecule has 13 N–H and O–H groups in total. The highest BCUT2D eigenvalue weighted by Gasteiger charge is 2.29. The first-order valence-electron chi connectivity index (χ1n) is 17.4. The molecule has 54 heavy (non-hydrogen) atoms. The van der Waals surface area contributed by atoms with Gasteiger partial charge in [-0.25, -0.2) is 0 Å². The number of anilines is 6. The number of carbonyl (C=O) groups is 3. The van der Waals surface area contributed by atoms with E-state index in [1.54, 1.807) is 81.9 Å². The van der Waals surface area contributed by atoms with Crippen molar-refractivity contribution in [3.63, 3.8) is 0 Å². The zero-order valence-corrected chi connectivity index (χ0v) is 32.8. The molecule has 14 nitrogen and oxygen atoms in total. The summed E-state index contributed by atoms with van der Waals surface area (Å²) in [7, 11) is 3.46. The van der Waals surface area contributed by atoms with E-state index in [1.165, 1.54) is 0 Å². The van der Waals surface area contributed by atoms with Gasteiger partial charge in [-0.05, 0) is 85.9 Å². The van der Waals surface area contributed by atoms with E-state index >= 15 is 0 Å². The zero-order valence-electron chi connectivity index (χ0n) is 30.4. The largest absolute Gasteiger partial charge is 0.399 e. The molecule has 0 aliphatic rings. The number of nitrogens with two attached hydrogens (primary N) is 2. The third kappa shape index (κ3) is 20.1. The van der Waals surface area contributed by atoms with Crippen molar-refractivity contribution in [1.29, 1.82) is 0 Å². The molecule has 0 heterocycles. The lowest BCUT2D eigenvalue weighted by molar-refractivity contribution is -0.117. The van der Waals surface area contributed by atoms with Gasteiger partial charge in [0.2, 0.25) is 17.7 Å². The predicted molar refractivity (Wildman–Crippen MR) is 225 cm³/mol. The molecule has 0 aromatic heterocycles. The minimum Gasteiger partial charge on any atom is -0.399 e. The Balaban J connectivity index is 0.000000375. The summed E-state index contributed by atoms with van der Waals surface area (Å²) < 4.78 is 0. The molecule has 2 unspecified atom stereocenters. The third-order valence-electron chi connectivity index (χ3n) is 7.43. The molecule has 3 rings (SSSR count). The van der Waals surface area contributed by atoms with E-state index in [2.05, 4.69) is 21.3 Å². The molecule has 0 fully saturated rings.